The van der Waals surface area contributed by atoms with E-state index >= 15 is 0 Å². The van der Waals surface area contributed by atoms with Gasteiger partial charge in [0, 0.05) is 5.41 Å². The van der Waals surface area contributed by atoms with E-state index in [1.807, 2.05) is 0 Å². The zero-order valence-electron chi connectivity index (χ0n) is 12.8. The minimum Gasteiger partial charge on any atom is -0.380 e. The molecule has 1 unspecified atom stereocenters. The van der Waals surface area contributed by atoms with E-state index in [-0.39, 0.29) is 6.42 Å². The Bertz CT molecular complexity index is 470. The summed E-state index contributed by atoms with van der Waals surface area (Å²) in [4.78, 5) is 0. The average molecular weight is 416 g/mol. The lowest BCUT2D eigenvalue weighted by Crippen LogP contribution is -2.67. The summed E-state index contributed by atoms with van der Waals surface area (Å²) in [6, 6.07) is 0. The van der Waals surface area contributed by atoms with Gasteiger partial charge in [0.15, 0.2) is 0 Å². The average Bonchev–Trinajstić information content (AvgIpc) is 2.32. The molecule has 1 atom stereocenters. The minimum atomic E-state index is -7.10. The summed E-state index contributed by atoms with van der Waals surface area (Å²) >= 11 is 0. The van der Waals surface area contributed by atoms with Gasteiger partial charge in [-0.05, 0) is 6.42 Å². The van der Waals surface area contributed by atoms with Crippen LogP contribution in [0.25, 0.3) is 0 Å². The fourth-order valence-electron chi connectivity index (χ4n) is 2.19. The van der Waals surface area contributed by atoms with Crippen molar-refractivity contribution in [2.24, 2.45) is 11.3 Å². The van der Waals surface area contributed by atoms with E-state index in [2.05, 4.69) is 9.47 Å². The van der Waals surface area contributed by atoms with E-state index in [0.29, 0.717) is 0 Å². The standard InChI is InChI=1S/C12H12F12O2/c1-2-7(3-25-4-7)5-26-8(13,11(20,21)12(22,23)24)6(9(14,15)16)10(17,18)19/h6H,2-5H2,1H3. The van der Waals surface area contributed by atoms with Crippen molar-refractivity contribution in [1.82, 2.24) is 0 Å². The number of rotatable bonds is 6. The van der Waals surface area contributed by atoms with E-state index < -0.39 is 61.5 Å². The van der Waals surface area contributed by atoms with Gasteiger partial charge in [0.2, 0.25) is 5.92 Å². The summed E-state index contributed by atoms with van der Waals surface area (Å²) in [5.74, 6) is -19.3. The van der Waals surface area contributed by atoms with Crippen LogP contribution in [-0.2, 0) is 9.47 Å². The predicted octanol–water partition coefficient (Wildman–Crippen LogP) is 5.03. The van der Waals surface area contributed by atoms with Crippen LogP contribution in [0.3, 0.4) is 0 Å². The Morgan fingerprint density at radius 2 is 1.27 bits per heavy atom. The van der Waals surface area contributed by atoms with Crippen molar-refractivity contribution in [1.29, 1.82) is 0 Å². The zero-order valence-corrected chi connectivity index (χ0v) is 12.8. The molecule has 1 fully saturated rings. The Morgan fingerprint density at radius 1 is 0.846 bits per heavy atom. The lowest BCUT2D eigenvalue weighted by molar-refractivity contribution is -0.451. The van der Waals surface area contributed by atoms with Gasteiger partial charge in [0.05, 0.1) is 19.8 Å². The maximum Gasteiger partial charge on any atom is 0.459 e. The molecule has 26 heavy (non-hydrogen) atoms. The molecule has 1 heterocycles. The number of hydrogen-bond acceptors (Lipinski definition) is 2. The minimum absolute atomic E-state index is 0.136. The largest absolute Gasteiger partial charge is 0.459 e. The van der Waals surface area contributed by atoms with Gasteiger partial charge in [-0.2, -0.15) is 48.3 Å². The van der Waals surface area contributed by atoms with Gasteiger partial charge in [-0.15, -0.1) is 0 Å². The first kappa shape index (κ1) is 23.1. The highest BCUT2D eigenvalue weighted by atomic mass is 19.4. The Labute approximate surface area is 138 Å². The van der Waals surface area contributed by atoms with Gasteiger partial charge in [0.1, 0.15) is 0 Å². The second-order valence-electron chi connectivity index (χ2n) is 5.87. The molecule has 0 aliphatic carbocycles. The van der Waals surface area contributed by atoms with Crippen LogP contribution in [0.4, 0.5) is 52.7 Å². The lowest BCUT2D eigenvalue weighted by atomic mass is 9.83. The van der Waals surface area contributed by atoms with Crippen LogP contribution in [0.1, 0.15) is 13.3 Å². The smallest absolute Gasteiger partial charge is 0.380 e. The Hall–Kier alpha value is -0.920. The van der Waals surface area contributed by atoms with Crippen LogP contribution in [-0.4, -0.2) is 50.1 Å². The molecule has 1 saturated heterocycles. The van der Waals surface area contributed by atoms with Crippen LogP contribution >= 0.6 is 0 Å². The van der Waals surface area contributed by atoms with Crippen molar-refractivity contribution in [2.45, 2.75) is 43.7 Å². The fraction of sp³-hybridized carbons (Fsp3) is 1.00. The molecule has 0 aromatic heterocycles. The summed E-state index contributed by atoms with van der Waals surface area (Å²) in [5, 5.41) is 0. The van der Waals surface area contributed by atoms with Crippen molar-refractivity contribution in [2.75, 3.05) is 19.8 Å². The van der Waals surface area contributed by atoms with Crippen molar-refractivity contribution in [3.8, 4) is 0 Å². The van der Waals surface area contributed by atoms with Crippen LogP contribution < -0.4 is 0 Å². The zero-order chi connectivity index (χ0) is 20.8. The summed E-state index contributed by atoms with van der Waals surface area (Å²) in [7, 11) is 0. The van der Waals surface area contributed by atoms with Gasteiger partial charge in [-0.3, -0.25) is 0 Å². The van der Waals surface area contributed by atoms with E-state index in [1.165, 1.54) is 6.92 Å². The predicted molar refractivity (Wildman–Crippen MR) is 59.9 cm³/mol. The van der Waals surface area contributed by atoms with Crippen LogP contribution in [0.15, 0.2) is 0 Å². The maximum atomic E-state index is 14.4. The third-order valence-electron chi connectivity index (χ3n) is 3.97. The monoisotopic (exact) mass is 416 g/mol. The van der Waals surface area contributed by atoms with Gasteiger partial charge < -0.3 is 9.47 Å². The summed E-state index contributed by atoms with van der Waals surface area (Å²) in [6.07, 6.45) is -20.9. The molecule has 156 valence electrons. The molecule has 0 N–H and O–H groups in total. The highest BCUT2D eigenvalue weighted by molar-refractivity contribution is 5.02. The van der Waals surface area contributed by atoms with Crippen LogP contribution in [0.5, 0.6) is 0 Å². The van der Waals surface area contributed by atoms with Gasteiger partial charge in [0.25, 0.3) is 0 Å². The highest BCUT2D eigenvalue weighted by Gasteiger charge is 2.83. The molecule has 0 saturated carbocycles. The molecule has 1 aliphatic heterocycles. The number of ether oxygens (including phenoxy) is 2. The molecule has 0 bridgehead atoms. The van der Waals surface area contributed by atoms with E-state index in [4.69, 9.17) is 0 Å². The molecule has 1 rings (SSSR count). The molecular weight excluding hydrogens is 404 g/mol. The first-order valence-electron chi connectivity index (χ1n) is 6.83. The number of halogens is 12. The van der Waals surface area contributed by atoms with Gasteiger partial charge in [-0.1, -0.05) is 6.92 Å². The van der Waals surface area contributed by atoms with Gasteiger partial charge in [-0.25, -0.2) is 4.39 Å². The van der Waals surface area contributed by atoms with E-state index in [0.717, 1.165) is 0 Å². The molecule has 1 aliphatic rings. The molecule has 0 amide bonds. The van der Waals surface area contributed by atoms with Crippen molar-refractivity contribution in [3.05, 3.63) is 0 Å². The van der Waals surface area contributed by atoms with Crippen molar-refractivity contribution in [3.63, 3.8) is 0 Å². The Kier molecular flexibility index (Phi) is 5.87. The van der Waals surface area contributed by atoms with Gasteiger partial charge >= 0.3 is 30.3 Å². The quantitative estimate of drug-likeness (QED) is 0.566. The normalized spacial score (nSPS) is 21.5. The third-order valence-corrected chi connectivity index (χ3v) is 3.97. The second kappa shape index (κ2) is 6.60. The Morgan fingerprint density at radius 3 is 1.50 bits per heavy atom. The first-order chi connectivity index (χ1) is 11.3. The summed E-state index contributed by atoms with van der Waals surface area (Å²) in [6.45, 7) is -1.10. The summed E-state index contributed by atoms with van der Waals surface area (Å²) < 4.78 is 163. The third kappa shape index (κ3) is 3.99. The Balaban J connectivity index is 3.45. The van der Waals surface area contributed by atoms with Crippen LogP contribution in [0, 0.1) is 11.3 Å². The molecule has 14 heteroatoms. The molecule has 0 aromatic rings. The maximum absolute atomic E-state index is 14.4. The molecule has 0 spiro atoms. The topological polar surface area (TPSA) is 18.5 Å². The summed E-state index contributed by atoms with van der Waals surface area (Å²) in [5.41, 5.74) is -1.47. The van der Waals surface area contributed by atoms with E-state index in [9.17, 15) is 52.7 Å². The first-order valence-corrected chi connectivity index (χ1v) is 6.83. The van der Waals surface area contributed by atoms with Crippen molar-refractivity contribution < 1.29 is 62.2 Å². The molecule has 0 aromatic carbocycles. The number of hydrogen-bond donors (Lipinski definition) is 0. The highest BCUT2D eigenvalue weighted by Crippen LogP contribution is 2.58. The SMILES string of the molecule is CCC1(COC(F)(C(C(F)(F)F)C(F)(F)F)C(F)(F)C(F)(F)F)COC1. The van der Waals surface area contributed by atoms with E-state index in [1.54, 1.807) is 0 Å². The molecule has 2 nitrogen and oxygen atoms in total. The second-order valence-corrected chi connectivity index (χ2v) is 5.87. The van der Waals surface area contributed by atoms with Crippen molar-refractivity contribution >= 4 is 0 Å². The molecular formula is C12H12F12O2. The van der Waals surface area contributed by atoms with Crippen LogP contribution in [0.2, 0.25) is 0 Å². The molecule has 0 radical (unpaired) electrons. The fourth-order valence-corrected chi connectivity index (χ4v) is 2.19. The number of alkyl halides is 12. The lowest BCUT2D eigenvalue weighted by Gasteiger charge is -2.45.